The van der Waals surface area contributed by atoms with Crippen molar-refractivity contribution in [3.63, 3.8) is 0 Å². The van der Waals surface area contributed by atoms with Gasteiger partial charge in [0.05, 0.1) is 25.3 Å². The van der Waals surface area contributed by atoms with Gasteiger partial charge in [0.1, 0.15) is 0 Å². The van der Waals surface area contributed by atoms with Gasteiger partial charge in [-0.05, 0) is 24.1 Å². The topological polar surface area (TPSA) is 39.7 Å². The van der Waals surface area contributed by atoms with Gasteiger partial charge in [-0.15, -0.1) is 0 Å². The van der Waals surface area contributed by atoms with E-state index in [4.69, 9.17) is 25.8 Å². The molecule has 0 bridgehead atoms. The zero-order valence-electron chi connectivity index (χ0n) is 13.2. The highest BCUT2D eigenvalue weighted by atomic mass is 35.5. The van der Waals surface area contributed by atoms with Crippen molar-refractivity contribution in [2.75, 3.05) is 34.0 Å². The largest absolute Gasteiger partial charge is 0.493 e. The van der Waals surface area contributed by atoms with Gasteiger partial charge in [-0.3, -0.25) is 0 Å². The van der Waals surface area contributed by atoms with Crippen LogP contribution in [0.15, 0.2) is 12.1 Å². The summed E-state index contributed by atoms with van der Waals surface area (Å²) >= 11 is 6.31. The zero-order valence-corrected chi connectivity index (χ0v) is 14.0. The SMILES string of the molecule is CCCCCOc1c(Cl)cc(CNCCOC)cc1OC. The summed E-state index contributed by atoms with van der Waals surface area (Å²) in [7, 11) is 3.32. The highest BCUT2D eigenvalue weighted by Gasteiger charge is 2.11. The summed E-state index contributed by atoms with van der Waals surface area (Å²) in [4.78, 5) is 0. The maximum atomic E-state index is 6.31. The van der Waals surface area contributed by atoms with Crippen molar-refractivity contribution in [2.45, 2.75) is 32.7 Å². The summed E-state index contributed by atoms with van der Waals surface area (Å²) in [6.07, 6.45) is 3.35. The van der Waals surface area contributed by atoms with Crippen LogP contribution < -0.4 is 14.8 Å². The van der Waals surface area contributed by atoms with Crippen LogP contribution in [0.1, 0.15) is 31.7 Å². The number of rotatable bonds is 11. The van der Waals surface area contributed by atoms with Crippen LogP contribution in [0.5, 0.6) is 11.5 Å². The quantitative estimate of drug-likeness (QED) is 0.633. The third kappa shape index (κ3) is 6.55. The molecular weight excluding hydrogens is 290 g/mol. The Kier molecular flexibility index (Phi) is 9.22. The number of benzene rings is 1. The second kappa shape index (κ2) is 10.7. The maximum absolute atomic E-state index is 6.31. The Hall–Kier alpha value is -0.970. The molecule has 0 heterocycles. The summed E-state index contributed by atoms with van der Waals surface area (Å²) < 4.78 is 16.1. The van der Waals surface area contributed by atoms with E-state index < -0.39 is 0 Å². The Labute approximate surface area is 132 Å². The molecule has 4 nitrogen and oxygen atoms in total. The molecular formula is C16H26ClNO3. The molecule has 120 valence electrons. The van der Waals surface area contributed by atoms with Gasteiger partial charge in [-0.1, -0.05) is 31.4 Å². The van der Waals surface area contributed by atoms with Crippen molar-refractivity contribution >= 4 is 11.6 Å². The van der Waals surface area contributed by atoms with E-state index in [0.717, 1.165) is 31.5 Å². The van der Waals surface area contributed by atoms with Gasteiger partial charge in [0, 0.05) is 20.2 Å². The molecule has 21 heavy (non-hydrogen) atoms. The van der Waals surface area contributed by atoms with E-state index in [1.165, 1.54) is 6.42 Å². The van der Waals surface area contributed by atoms with E-state index in [2.05, 4.69) is 12.2 Å². The van der Waals surface area contributed by atoms with E-state index in [1.807, 2.05) is 12.1 Å². The van der Waals surface area contributed by atoms with Gasteiger partial charge < -0.3 is 19.5 Å². The van der Waals surface area contributed by atoms with Gasteiger partial charge in [-0.2, -0.15) is 0 Å². The summed E-state index contributed by atoms with van der Waals surface area (Å²) in [5, 5.41) is 3.87. The zero-order chi connectivity index (χ0) is 15.5. The molecule has 0 fully saturated rings. The standard InChI is InChI=1S/C16H26ClNO3/c1-4-5-6-8-21-16-14(17)10-13(11-15(16)20-3)12-18-7-9-19-2/h10-11,18H,4-9,12H2,1-3H3. The number of hydrogen-bond acceptors (Lipinski definition) is 4. The average Bonchev–Trinajstić information content (AvgIpc) is 2.49. The van der Waals surface area contributed by atoms with Crippen LogP contribution in [0.2, 0.25) is 5.02 Å². The molecule has 0 saturated carbocycles. The lowest BCUT2D eigenvalue weighted by Gasteiger charge is -2.14. The molecule has 0 amide bonds. The number of unbranched alkanes of at least 4 members (excludes halogenated alkanes) is 2. The van der Waals surface area contributed by atoms with E-state index in [1.54, 1.807) is 14.2 Å². The van der Waals surface area contributed by atoms with Crippen LogP contribution in [0.3, 0.4) is 0 Å². The molecule has 0 aliphatic rings. The lowest BCUT2D eigenvalue weighted by molar-refractivity contribution is 0.199. The summed E-state index contributed by atoms with van der Waals surface area (Å²) in [6, 6.07) is 3.87. The number of methoxy groups -OCH3 is 2. The molecule has 0 aromatic heterocycles. The van der Waals surface area contributed by atoms with Crippen molar-refractivity contribution in [1.29, 1.82) is 0 Å². The first kappa shape index (κ1) is 18.1. The van der Waals surface area contributed by atoms with Crippen LogP contribution in [0.25, 0.3) is 0 Å². The lowest BCUT2D eigenvalue weighted by atomic mass is 10.2. The highest BCUT2D eigenvalue weighted by molar-refractivity contribution is 6.32. The van der Waals surface area contributed by atoms with E-state index >= 15 is 0 Å². The van der Waals surface area contributed by atoms with Crippen LogP contribution in [-0.4, -0.2) is 34.0 Å². The first-order valence-electron chi connectivity index (χ1n) is 7.41. The molecule has 1 aromatic carbocycles. The van der Waals surface area contributed by atoms with Crippen LogP contribution >= 0.6 is 11.6 Å². The molecule has 0 saturated heterocycles. The Morgan fingerprint density at radius 3 is 2.62 bits per heavy atom. The predicted molar refractivity (Wildman–Crippen MR) is 86.6 cm³/mol. The summed E-state index contributed by atoms with van der Waals surface area (Å²) in [5.74, 6) is 1.32. The number of nitrogens with one attached hydrogen (secondary N) is 1. The van der Waals surface area contributed by atoms with Gasteiger partial charge in [-0.25, -0.2) is 0 Å². The second-order valence-corrected chi connectivity index (χ2v) is 5.24. The van der Waals surface area contributed by atoms with Crippen molar-refractivity contribution in [1.82, 2.24) is 5.32 Å². The molecule has 1 aromatic rings. The van der Waals surface area contributed by atoms with E-state index in [0.29, 0.717) is 29.7 Å². The average molecular weight is 316 g/mol. The van der Waals surface area contributed by atoms with E-state index in [9.17, 15) is 0 Å². The fraction of sp³-hybridized carbons (Fsp3) is 0.625. The van der Waals surface area contributed by atoms with Crippen molar-refractivity contribution in [2.24, 2.45) is 0 Å². The first-order chi connectivity index (χ1) is 10.2. The smallest absolute Gasteiger partial charge is 0.179 e. The molecule has 0 aliphatic carbocycles. The van der Waals surface area contributed by atoms with Gasteiger partial charge in [0.25, 0.3) is 0 Å². The van der Waals surface area contributed by atoms with Gasteiger partial charge in [0.15, 0.2) is 11.5 Å². The minimum absolute atomic E-state index is 0.592. The van der Waals surface area contributed by atoms with E-state index in [-0.39, 0.29) is 0 Å². The third-order valence-electron chi connectivity index (χ3n) is 3.10. The molecule has 5 heteroatoms. The molecule has 0 unspecified atom stereocenters. The fourth-order valence-electron chi connectivity index (χ4n) is 1.95. The van der Waals surface area contributed by atoms with Crippen molar-refractivity contribution in [3.05, 3.63) is 22.7 Å². The maximum Gasteiger partial charge on any atom is 0.179 e. The molecule has 0 spiro atoms. The van der Waals surface area contributed by atoms with Crippen LogP contribution in [0, 0.1) is 0 Å². The number of hydrogen-bond donors (Lipinski definition) is 1. The molecule has 1 N–H and O–H groups in total. The lowest BCUT2D eigenvalue weighted by Crippen LogP contribution is -2.18. The minimum atomic E-state index is 0.592. The highest BCUT2D eigenvalue weighted by Crippen LogP contribution is 2.36. The third-order valence-corrected chi connectivity index (χ3v) is 3.38. The Morgan fingerprint density at radius 2 is 1.95 bits per heavy atom. The van der Waals surface area contributed by atoms with Crippen molar-refractivity contribution in [3.8, 4) is 11.5 Å². The molecule has 0 atom stereocenters. The Morgan fingerprint density at radius 1 is 1.14 bits per heavy atom. The van der Waals surface area contributed by atoms with Gasteiger partial charge in [0.2, 0.25) is 0 Å². The van der Waals surface area contributed by atoms with Crippen molar-refractivity contribution < 1.29 is 14.2 Å². The monoisotopic (exact) mass is 315 g/mol. The minimum Gasteiger partial charge on any atom is -0.493 e. The second-order valence-electron chi connectivity index (χ2n) is 4.83. The fourth-order valence-corrected chi connectivity index (χ4v) is 2.24. The predicted octanol–water partition coefficient (Wildman–Crippen LogP) is 3.65. The van der Waals surface area contributed by atoms with Crippen LogP contribution in [-0.2, 0) is 11.3 Å². The number of halogens is 1. The molecule has 0 radical (unpaired) electrons. The summed E-state index contributed by atoms with van der Waals surface area (Å²) in [5.41, 5.74) is 1.06. The summed E-state index contributed by atoms with van der Waals surface area (Å²) in [6.45, 7) is 5.03. The Bertz CT molecular complexity index is 413. The first-order valence-corrected chi connectivity index (χ1v) is 7.79. The molecule has 1 rings (SSSR count). The normalized spacial score (nSPS) is 10.7. The molecule has 0 aliphatic heterocycles. The van der Waals surface area contributed by atoms with Crippen LogP contribution in [0.4, 0.5) is 0 Å². The number of ether oxygens (including phenoxy) is 3. The Balaban J connectivity index is 2.63. The van der Waals surface area contributed by atoms with Gasteiger partial charge >= 0.3 is 0 Å².